The van der Waals surface area contributed by atoms with Gasteiger partial charge in [-0.2, -0.15) is 13.2 Å². The summed E-state index contributed by atoms with van der Waals surface area (Å²) in [5.74, 6) is -2.94. The van der Waals surface area contributed by atoms with Crippen molar-refractivity contribution in [3.63, 3.8) is 0 Å². The molecule has 0 unspecified atom stereocenters. The van der Waals surface area contributed by atoms with E-state index in [9.17, 15) is 27.6 Å². The molecule has 1 saturated heterocycles. The molecule has 0 spiro atoms. The highest BCUT2D eigenvalue weighted by atomic mass is 35.5. The zero-order valence-corrected chi connectivity index (χ0v) is 17.9. The lowest BCUT2D eigenvalue weighted by Crippen LogP contribution is -2.59. The molecule has 1 fully saturated rings. The fraction of sp³-hybridized carbons (Fsp3) is 0.550. The molecule has 0 N–H and O–H groups in total. The summed E-state index contributed by atoms with van der Waals surface area (Å²) in [6, 6.07) is 5.31. The summed E-state index contributed by atoms with van der Waals surface area (Å²) in [5.41, 5.74) is -0.122. The minimum atomic E-state index is -4.74. The van der Waals surface area contributed by atoms with Crippen molar-refractivity contribution in [2.24, 2.45) is 5.41 Å². The topological polar surface area (TPSA) is 66.9 Å². The minimum Gasteiger partial charge on any atom is -0.449 e. The van der Waals surface area contributed by atoms with E-state index in [0.717, 1.165) is 4.90 Å². The number of carbonyl (C=O) groups is 3. The van der Waals surface area contributed by atoms with Gasteiger partial charge in [-0.1, -0.05) is 44.5 Å². The molecule has 1 aromatic carbocycles. The molecular weight excluding hydrogens is 425 g/mol. The van der Waals surface area contributed by atoms with Crippen molar-refractivity contribution in [1.29, 1.82) is 0 Å². The molecule has 0 saturated carbocycles. The Labute approximate surface area is 177 Å². The number of nitrogens with zero attached hydrogens (tertiary/aromatic N) is 2. The minimum absolute atomic E-state index is 0.0427. The van der Waals surface area contributed by atoms with Crippen LogP contribution in [0.2, 0.25) is 5.02 Å². The summed E-state index contributed by atoms with van der Waals surface area (Å²) in [5, 5.41) is 0.381. The SMILES string of the molecule is C[C@@H]1CN(C(=O)C(=O)OCC(F)(F)F)[C@@H](c2cccc(Cl)c2)CN1C(=O)C(C)(C)C. The molecule has 2 rings (SSSR count). The Hall–Kier alpha value is -2.29. The first-order valence-electron chi connectivity index (χ1n) is 9.31. The molecule has 2 atom stereocenters. The maximum atomic E-state index is 12.9. The quantitative estimate of drug-likeness (QED) is 0.512. The smallest absolute Gasteiger partial charge is 0.422 e. The monoisotopic (exact) mass is 448 g/mol. The molecule has 1 aromatic rings. The van der Waals surface area contributed by atoms with Crippen LogP contribution in [-0.4, -0.2) is 59.5 Å². The van der Waals surface area contributed by atoms with E-state index in [2.05, 4.69) is 4.74 Å². The fourth-order valence-electron chi connectivity index (χ4n) is 3.24. The number of alkyl halides is 3. The van der Waals surface area contributed by atoms with Crippen molar-refractivity contribution >= 4 is 29.4 Å². The van der Waals surface area contributed by atoms with E-state index in [4.69, 9.17) is 11.6 Å². The van der Waals surface area contributed by atoms with Gasteiger partial charge in [-0.15, -0.1) is 0 Å². The van der Waals surface area contributed by atoms with E-state index in [0.29, 0.717) is 10.6 Å². The van der Waals surface area contributed by atoms with Crippen LogP contribution >= 0.6 is 11.6 Å². The Morgan fingerprint density at radius 3 is 2.30 bits per heavy atom. The number of amides is 2. The van der Waals surface area contributed by atoms with E-state index in [1.807, 2.05) is 0 Å². The first-order chi connectivity index (χ1) is 13.7. The van der Waals surface area contributed by atoms with Gasteiger partial charge in [-0.05, 0) is 24.6 Å². The molecule has 0 bridgehead atoms. The number of benzene rings is 1. The number of halogens is 4. The van der Waals surface area contributed by atoms with E-state index >= 15 is 0 Å². The second kappa shape index (κ2) is 8.83. The molecular formula is C20H24ClF3N2O4. The summed E-state index contributed by atoms with van der Waals surface area (Å²) in [6.07, 6.45) is -4.74. The van der Waals surface area contributed by atoms with Gasteiger partial charge in [0.05, 0.1) is 6.04 Å². The average molecular weight is 449 g/mol. The van der Waals surface area contributed by atoms with E-state index in [-0.39, 0.29) is 19.0 Å². The first-order valence-corrected chi connectivity index (χ1v) is 9.69. The van der Waals surface area contributed by atoms with Gasteiger partial charge in [0.1, 0.15) is 0 Å². The highest BCUT2D eigenvalue weighted by molar-refractivity contribution is 6.32. The predicted molar refractivity (Wildman–Crippen MR) is 104 cm³/mol. The van der Waals surface area contributed by atoms with Gasteiger partial charge in [0.2, 0.25) is 5.91 Å². The number of hydrogen-bond donors (Lipinski definition) is 0. The number of esters is 1. The number of carbonyl (C=O) groups excluding carboxylic acids is 3. The molecule has 0 aliphatic carbocycles. The third-order valence-electron chi connectivity index (χ3n) is 4.68. The van der Waals surface area contributed by atoms with Crippen LogP contribution in [0.5, 0.6) is 0 Å². The molecule has 0 aromatic heterocycles. The van der Waals surface area contributed by atoms with Crippen molar-refractivity contribution < 1.29 is 32.3 Å². The third-order valence-corrected chi connectivity index (χ3v) is 4.91. The van der Waals surface area contributed by atoms with Gasteiger partial charge in [-0.25, -0.2) is 4.79 Å². The lowest BCUT2D eigenvalue weighted by Gasteiger charge is -2.46. The lowest BCUT2D eigenvalue weighted by molar-refractivity contribution is -0.190. The summed E-state index contributed by atoms with van der Waals surface area (Å²) in [4.78, 5) is 40.3. The molecule has 0 radical (unpaired) electrons. The molecule has 2 amide bonds. The zero-order chi connectivity index (χ0) is 22.9. The molecule has 30 heavy (non-hydrogen) atoms. The number of piperazine rings is 1. The number of ether oxygens (including phenoxy) is 1. The third kappa shape index (κ3) is 5.87. The Morgan fingerprint density at radius 2 is 1.77 bits per heavy atom. The van der Waals surface area contributed by atoms with Crippen LogP contribution in [0.15, 0.2) is 24.3 Å². The summed E-state index contributed by atoms with van der Waals surface area (Å²) >= 11 is 6.05. The van der Waals surface area contributed by atoms with Crippen LogP contribution in [0, 0.1) is 5.41 Å². The standard InChI is InChI=1S/C20H24ClF3N2O4/c1-12-9-26(16(27)17(28)30-11-20(22,23)24)15(13-6-5-7-14(21)8-13)10-25(12)18(29)19(2,3)4/h5-8,12,15H,9-11H2,1-4H3/t12-,15-/m1/s1. The van der Waals surface area contributed by atoms with Crippen LogP contribution in [0.1, 0.15) is 39.3 Å². The molecule has 1 heterocycles. The van der Waals surface area contributed by atoms with E-state index < -0.39 is 42.2 Å². The highest BCUT2D eigenvalue weighted by Gasteiger charge is 2.42. The number of rotatable bonds is 2. The molecule has 6 nitrogen and oxygen atoms in total. The van der Waals surface area contributed by atoms with Gasteiger partial charge in [0.25, 0.3) is 0 Å². The Kier molecular flexibility index (Phi) is 7.06. The van der Waals surface area contributed by atoms with E-state index in [1.165, 1.54) is 0 Å². The summed E-state index contributed by atoms with van der Waals surface area (Å²) in [7, 11) is 0. The second-order valence-electron chi connectivity index (χ2n) is 8.28. The lowest BCUT2D eigenvalue weighted by atomic mass is 9.91. The van der Waals surface area contributed by atoms with Gasteiger partial charge < -0.3 is 14.5 Å². The first kappa shape index (κ1) is 24.0. The van der Waals surface area contributed by atoms with Crippen LogP contribution in [-0.2, 0) is 19.1 Å². The normalized spacial score (nSPS) is 20.1. The van der Waals surface area contributed by atoms with E-state index in [1.54, 1.807) is 56.9 Å². The van der Waals surface area contributed by atoms with Crippen LogP contribution in [0.4, 0.5) is 13.2 Å². The van der Waals surface area contributed by atoms with Gasteiger partial charge in [0, 0.05) is 29.6 Å². The Balaban J connectivity index is 2.34. The Bertz CT molecular complexity index is 823. The predicted octanol–water partition coefficient (Wildman–Crippen LogP) is 3.59. The van der Waals surface area contributed by atoms with Crippen molar-refractivity contribution in [3.05, 3.63) is 34.9 Å². The maximum Gasteiger partial charge on any atom is 0.422 e. The molecule has 1 aliphatic heterocycles. The van der Waals surface area contributed by atoms with Gasteiger partial charge in [-0.3, -0.25) is 9.59 Å². The fourth-order valence-corrected chi connectivity index (χ4v) is 3.44. The highest BCUT2D eigenvalue weighted by Crippen LogP contribution is 2.32. The van der Waals surface area contributed by atoms with Crippen molar-refractivity contribution in [3.8, 4) is 0 Å². The van der Waals surface area contributed by atoms with Gasteiger partial charge in [0.15, 0.2) is 6.61 Å². The summed E-state index contributed by atoms with van der Waals surface area (Å²) < 4.78 is 41.2. The van der Waals surface area contributed by atoms with Gasteiger partial charge >= 0.3 is 18.1 Å². The van der Waals surface area contributed by atoms with Crippen LogP contribution in [0.3, 0.4) is 0 Å². The van der Waals surface area contributed by atoms with Crippen molar-refractivity contribution in [1.82, 2.24) is 9.80 Å². The zero-order valence-electron chi connectivity index (χ0n) is 17.1. The Morgan fingerprint density at radius 1 is 1.13 bits per heavy atom. The largest absolute Gasteiger partial charge is 0.449 e. The van der Waals surface area contributed by atoms with Crippen LogP contribution < -0.4 is 0 Å². The molecule has 1 aliphatic rings. The maximum absolute atomic E-state index is 12.9. The molecule has 10 heteroatoms. The van der Waals surface area contributed by atoms with Crippen molar-refractivity contribution in [2.45, 2.75) is 46.0 Å². The van der Waals surface area contributed by atoms with Crippen molar-refractivity contribution in [2.75, 3.05) is 19.7 Å². The molecule has 166 valence electrons. The van der Waals surface area contributed by atoms with Crippen LogP contribution in [0.25, 0.3) is 0 Å². The number of hydrogen-bond acceptors (Lipinski definition) is 4. The second-order valence-corrected chi connectivity index (χ2v) is 8.71. The summed E-state index contributed by atoms with van der Waals surface area (Å²) in [6.45, 7) is 5.18. The average Bonchev–Trinajstić information content (AvgIpc) is 2.63.